The second-order valence-electron chi connectivity index (χ2n) is 6.77. The Kier molecular flexibility index (Phi) is 8.20. The number of thiazole rings is 1. The van der Waals surface area contributed by atoms with E-state index in [0.717, 1.165) is 56.2 Å². The summed E-state index contributed by atoms with van der Waals surface area (Å²) in [6, 6.07) is 15.8. The standard InChI is InChI=1S/C22H23N3O3S2.ClH/c1-27-16-7-3-14(4-8-16)19-21(15-5-9-17(28-2)10-6-15)30-22(25-19)20(23-12-26)18-11-29-13-24-18;/h3-10,12,18,20,24H,11,13H2,1-2H3,(H,23,26);1H. The summed E-state index contributed by atoms with van der Waals surface area (Å²) in [6.07, 6.45) is 0.761. The molecule has 1 saturated heterocycles. The van der Waals surface area contributed by atoms with Gasteiger partial charge in [-0.15, -0.1) is 35.5 Å². The van der Waals surface area contributed by atoms with Gasteiger partial charge < -0.3 is 20.1 Å². The molecule has 1 aliphatic heterocycles. The Morgan fingerprint density at radius 3 is 2.19 bits per heavy atom. The normalized spacial score (nSPS) is 16.3. The number of hydrogen-bond donors (Lipinski definition) is 2. The van der Waals surface area contributed by atoms with Crippen molar-refractivity contribution in [3.8, 4) is 33.2 Å². The number of aromatic nitrogens is 1. The largest absolute Gasteiger partial charge is 0.497 e. The highest BCUT2D eigenvalue weighted by Crippen LogP contribution is 2.40. The first kappa shape index (κ1) is 23.4. The minimum absolute atomic E-state index is 0. The van der Waals surface area contributed by atoms with Gasteiger partial charge in [0.1, 0.15) is 16.5 Å². The molecule has 164 valence electrons. The van der Waals surface area contributed by atoms with Gasteiger partial charge in [-0.2, -0.15) is 0 Å². The number of halogens is 1. The van der Waals surface area contributed by atoms with E-state index in [1.165, 1.54) is 0 Å². The van der Waals surface area contributed by atoms with Gasteiger partial charge in [0, 0.05) is 23.2 Å². The molecule has 0 bridgehead atoms. The second kappa shape index (κ2) is 10.9. The number of nitrogens with zero attached hydrogens (tertiary/aromatic N) is 1. The second-order valence-corrected chi connectivity index (χ2v) is 8.84. The van der Waals surface area contributed by atoms with Crippen LogP contribution in [0.5, 0.6) is 11.5 Å². The molecule has 2 atom stereocenters. The molecule has 2 heterocycles. The van der Waals surface area contributed by atoms with Crippen molar-refractivity contribution in [2.75, 3.05) is 25.8 Å². The molecule has 4 rings (SSSR count). The lowest BCUT2D eigenvalue weighted by Gasteiger charge is -2.20. The number of benzene rings is 2. The van der Waals surface area contributed by atoms with Gasteiger partial charge in [-0.05, 0) is 54.1 Å². The molecule has 1 aliphatic rings. The van der Waals surface area contributed by atoms with Crippen LogP contribution in [0, 0.1) is 0 Å². The first-order chi connectivity index (χ1) is 14.7. The van der Waals surface area contributed by atoms with Crippen LogP contribution in [0.15, 0.2) is 48.5 Å². The van der Waals surface area contributed by atoms with E-state index >= 15 is 0 Å². The van der Waals surface area contributed by atoms with E-state index in [-0.39, 0.29) is 24.5 Å². The summed E-state index contributed by atoms with van der Waals surface area (Å²) in [5.74, 6) is 3.42. The fourth-order valence-corrected chi connectivity index (χ4v) is 5.64. The van der Waals surface area contributed by atoms with Crippen LogP contribution in [0.1, 0.15) is 11.0 Å². The molecule has 0 radical (unpaired) electrons. The van der Waals surface area contributed by atoms with E-state index in [4.69, 9.17) is 14.5 Å². The SMILES string of the molecule is COc1ccc(-c2nc(C(NC=O)C3CSCN3)sc2-c2ccc(OC)cc2)cc1.Cl. The Hall–Kier alpha value is -2.26. The number of rotatable bonds is 8. The quantitative estimate of drug-likeness (QED) is 0.469. The molecular formula is C22H24ClN3O3S2. The number of methoxy groups -OCH3 is 2. The summed E-state index contributed by atoms with van der Waals surface area (Å²) >= 11 is 3.44. The van der Waals surface area contributed by atoms with Crippen LogP contribution in [0.3, 0.4) is 0 Å². The summed E-state index contributed by atoms with van der Waals surface area (Å²) in [5.41, 5.74) is 2.96. The molecule has 1 fully saturated rings. The van der Waals surface area contributed by atoms with Gasteiger partial charge in [0.25, 0.3) is 0 Å². The molecular weight excluding hydrogens is 454 g/mol. The van der Waals surface area contributed by atoms with Gasteiger partial charge in [0.15, 0.2) is 0 Å². The molecule has 0 saturated carbocycles. The van der Waals surface area contributed by atoms with E-state index in [9.17, 15) is 4.79 Å². The van der Waals surface area contributed by atoms with Crippen molar-refractivity contribution in [1.29, 1.82) is 0 Å². The van der Waals surface area contributed by atoms with Crippen molar-refractivity contribution in [3.63, 3.8) is 0 Å². The van der Waals surface area contributed by atoms with Crippen LogP contribution in [-0.2, 0) is 4.79 Å². The van der Waals surface area contributed by atoms with Crippen molar-refractivity contribution in [2.24, 2.45) is 0 Å². The van der Waals surface area contributed by atoms with Gasteiger partial charge in [0.05, 0.1) is 30.8 Å². The Labute approximate surface area is 196 Å². The van der Waals surface area contributed by atoms with Gasteiger partial charge in [-0.25, -0.2) is 4.98 Å². The maximum atomic E-state index is 11.3. The third-order valence-electron chi connectivity index (χ3n) is 5.02. The van der Waals surface area contributed by atoms with Crippen LogP contribution in [0.25, 0.3) is 21.7 Å². The molecule has 31 heavy (non-hydrogen) atoms. The van der Waals surface area contributed by atoms with E-state index in [0.29, 0.717) is 0 Å². The average Bonchev–Trinajstić information content (AvgIpc) is 3.48. The highest BCUT2D eigenvalue weighted by molar-refractivity contribution is 7.99. The number of carbonyl (C=O) groups excluding carboxylic acids is 1. The Morgan fingerprint density at radius 2 is 1.68 bits per heavy atom. The van der Waals surface area contributed by atoms with Crippen LogP contribution in [-0.4, -0.2) is 43.3 Å². The monoisotopic (exact) mass is 477 g/mol. The Balaban J connectivity index is 0.00000272. The van der Waals surface area contributed by atoms with Gasteiger partial charge in [-0.3, -0.25) is 4.79 Å². The predicted octanol–water partition coefficient (Wildman–Crippen LogP) is 4.37. The predicted molar refractivity (Wildman–Crippen MR) is 130 cm³/mol. The lowest BCUT2D eigenvalue weighted by molar-refractivity contribution is -0.110. The van der Waals surface area contributed by atoms with Crippen molar-refractivity contribution in [2.45, 2.75) is 12.1 Å². The minimum Gasteiger partial charge on any atom is -0.497 e. The lowest BCUT2D eigenvalue weighted by atomic mass is 10.1. The van der Waals surface area contributed by atoms with Gasteiger partial charge in [0.2, 0.25) is 6.41 Å². The maximum Gasteiger partial charge on any atom is 0.207 e. The summed E-state index contributed by atoms with van der Waals surface area (Å²) < 4.78 is 10.6. The average molecular weight is 478 g/mol. The van der Waals surface area contributed by atoms with Crippen molar-refractivity contribution >= 4 is 41.9 Å². The molecule has 2 aromatic carbocycles. The number of hydrogen-bond acceptors (Lipinski definition) is 7. The molecule has 1 amide bonds. The van der Waals surface area contributed by atoms with Crippen molar-refractivity contribution in [3.05, 3.63) is 53.5 Å². The van der Waals surface area contributed by atoms with E-state index in [1.807, 2.05) is 60.3 Å². The zero-order chi connectivity index (χ0) is 20.9. The molecule has 0 spiro atoms. The summed E-state index contributed by atoms with van der Waals surface area (Å²) in [5, 5.41) is 7.31. The Bertz CT molecular complexity index is 925. The van der Waals surface area contributed by atoms with Crippen molar-refractivity contribution < 1.29 is 14.3 Å². The number of amides is 1. The summed E-state index contributed by atoms with van der Waals surface area (Å²) in [7, 11) is 3.31. The van der Waals surface area contributed by atoms with E-state index in [1.54, 1.807) is 25.6 Å². The highest BCUT2D eigenvalue weighted by Gasteiger charge is 2.30. The van der Waals surface area contributed by atoms with E-state index in [2.05, 4.69) is 10.6 Å². The first-order valence-corrected chi connectivity index (χ1v) is 11.5. The molecule has 2 N–H and O–H groups in total. The summed E-state index contributed by atoms with van der Waals surface area (Å²) in [4.78, 5) is 17.4. The lowest BCUT2D eigenvalue weighted by Crippen LogP contribution is -2.39. The van der Waals surface area contributed by atoms with Crippen LogP contribution in [0.2, 0.25) is 0 Å². The van der Waals surface area contributed by atoms with Gasteiger partial charge in [-0.1, -0.05) is 0 Å². The fraction of sp³-hybridized carbons (Fsp3) is 0.273. The molecule has 1 aromatic heterocycles. The third kappa shape index (κ3) is 5.15. The molecule has 0 aliphatic carbocycles. The number of carbonyl (C=O) groups is 1. The Morgan fingerprint density at radius 1 is 1.06 bits per heavy atom. The van der Waals surface area contributed by atoms with Crippen molar-refractivity contribution in [1.82, 2.24) is 15.6 Å². The first-order valence-electron chi connectivity index (χ1n) is 9.54. The maximum absolute atomic E-state index is 11.3. The number of nitrogens with one attached hydrogen (secondary N) is 2. The fourth-order valence-electron chi connectivity index (χ4n) is 3.41. The zero-order valence-corrected chi connectivity index (χ0v) is 19.6. The minimum atomic E-state index is -0.175. The number of thioether (sulfide) groups is 1. The highest BCUT2D eigenvalue weighted by atomic mass is 35.5. The zero-order valence-electron chi connectivity index (χ0n) is 17.2. The summed E-state index contributed by atoms with van der Waals surface area (Å²) in [6.45, 7) is 0. The van der Waals surface area contributed by atoms with E-state index < -0.39 is 0 Å². The third-order valence-corrected chi connectivity index (χ3v) is 7.17. The molecule has 6 nitrogen and oxygen atoms in total. The molecule has 9 heteroatoms. The van der Waals surface area contributed by atoms with Crippen LogP contribution >= 0.6 is 35.5 Å². The smallest absolute Gasteiger partial charge is 0.207 e. The van der Waals surface area contributed by atoms with Crippen LogP contribution < -0.4 is 20.1 Å². The van der Waals surface area contributed by atoms with Gasteiger partial charge >= 0.3 is 0 Å². The van der Waals surface area contributed by atoms with Crippen LogP contribution in [0.4, 0.5) is 0 Å². The molecule has 2 unspecified atom stereocenters. The molecule has 3 aromatic rings. The number of ether oxygens (including phenoxy) is 2. The topological polar surface area (TPSA) is 72.5 Å².